The molecule has 1 atom stereocenters. The Bertz CT molecular complexity index is 707. The first-order valence-corrected chi connectivity index (χ1v) is 6.59. The quantitative estimate of drug-likeness (QED) is 0.764. The van der Waals surface area contributed by atoms with Crippen molar-refractivity contribution < 1.29 is 4.74 Å². The Kier molecular flexibility index (Phi) is 3.39. The maximum atomic E-state index is 5.91. The van der Waals surface area contributed by atoms with Crippen molar-refractivity contribution in [1.82, 2.24) is 9.97 Å². The Balaban J connectivity index is 2.04. The molecule has 2 aromatic carbocycles. The van der Waals surface area contributed by atoms with E-state index in [0.29, 0.717) is 6.54 Å². The van der Waals surface area contributed by atoms with E-state index in [1.54, 1.807) is 13.3 Å². The molecule has 0 fully saturated rings. The van der Waals surface area contributed by atoms with Gasteiger partial charge in [0, 0.05) is 18.9 Å². The van der Waals surface area contributed by atoms with Crippen LogP contribution in [0.1, 0.15) is 17.3 Å². The number of nitrogens with one attached hydrogen (secondary N) is 1. The van der Waals surface area contributed by atoms with Crippen LogP contribution in [0.2, 0.25) is 0 Å². The van der Waals surface area contributed by atoms with E-state index in [1.165, 1.54) is 10.9 Å². The first-order chi connectivity index (χ1) is 9.81. The average molecular weight is 267 g/mol. The lowest BCUT2D eigenvalue weighted by atomic mass is 9.95. The molecule has 0 saturated heterocycles. The van der Waals surface area contributed by atoms with Gasteiger partial charge in [-0.25, -0.2) is 4.98 Å². The van der Waals surface area contributed by atoms with E-state index in [9.17, 15) is 0 Å². The summed E-state index contributed by atoms with van der Waals surface area (Å²) in [7, 11) is 1.68. The van der Waals surface area contributed by atoms with Gasteiger partial charge in [0.25, 0.3) is 0 Å². The molecular weight excluding hydrogens is 250 g/mol. The lowest BCUT2D eigenvalue weighted by molar-refractivity contribution is 0.415. The summed E-state index contributed by atoms with van der Waals surface area (Å²) < 4.78 is 5.25. The molecule has 102 valence electrons. The number of imidazole rings is 1. The monoisotopic (exact) mass is 267 g/mol. The van der Waals surface area contributed by atoms with E-state index in [4.69, 9.17) is 10.5 Å². The number of ether oxygens (including phenoxy) is 1. The molecule has 4 heteroatoms. The van der Waals surface area contributed by atoms with Gasteiger partial charge in [-0.2, -0.15) is 0 Å². The third kappa shape index (κ3) is 2.26. The number of H-pyrrole nitrogens is 1. The highest BCUT2D eigenvalue weighted by molar-refractivity contribution is 5.84. The molecular formula is C16H17N3O. The molecule has 0 aliphatic carbocycles. The molecule has 4 nitrogen and oxygen atoms in total. The van der Waals surface area contributed by atoms with Crippen LogP contribution in [0, 0.1) is 0 Å². The smallest absolute Gasteiger partial charge is 0.119 e. The van der Waals surface area contributed by atoms with E-state index in [1.807, 2.05) is 18.3 Å². The van der Waals surface area contributed by atoms with Gasteiger partial charge in [-0.3, -0.25) is 0 Å². The predicted octanol–water partition coefficient (Wildman–Crippen LogP) is 2.66. The first kappa shape index (κ1) is 12.7. The Morgan fingerprint density at radius 3 is 2.70 bits per heavy atom. The summed E-state index contributed by atoms with van der Waals surface area (Å²) >= 11 is 0. The zero-order valence-corrected chi connectivity index (χ0v) is 11.3. The topological polar surface area (TPSA) is 63.9 Å². The van der Waals surface area contributed by atoms with Crippen molar-refractivity contribution in [2.75, 3.05) is 13.7 Å². The maximum Gasteiger partial charge on any atom is 0.119 e. The number of nitrogens with zero attached hydrogens (tertiary/aromatic N) is 1. The molecule has 0 amide bonds. The molecule has 0 bridgehead atoms. The number of rotatable bonds is 4. The summed E-state index contributed by atoms with van der Waals surface area (Å²) in [5, 5.41) is 2.33. The first-order valence-electron chi connectivity index (χ1n) is 6.59. The van der Waals surface area contributed by atoms with Crippen LogP contribution in [0.25, 0.3) is 10.8 Å². The van der Waals surface area contributed by atoms with Gasteiger partial charge >= 0.3 is 0 Å². The molecule has 1 aromatic heterocycles. The molecule has 0 radical (unpaired) electrons. The number of hydrogen-bond acceptors (Lipinski definition) is 3. The Labute approximate surface area is 117 Å². The molecule has 1 heterocycles. The van der Waals surface area contributed by atoms with Crippen LogP contribution in [0.5, 0.6) is 5.75 Å². The summed E-state index contributed by atoms with van der Waals surface area (Å²) in [6, 6.07) is 12.4. The van der Waals surface area contributed by atoms with Crippen LogP contribution < -0.4 is 10.5 Å². The van der Waals surface area contributed by atoms with E-state index >= 15 is 0 Å². The van der Waals surface area contributed by atoms with Crippen LogP contribution >= 0.6 is 0 Å². The van der Waals surface area contributed by atoms with Gasteiger partial charge in [0.05, 0.1) is 13.0 Å². The Morgan fingerprint density at radius 2 is 2.00 bits per heavy atom. The highest BCUT2D eigenvalue weighted by atomic mass is 16.5. The zero-order chi connectivity index (χ0) is 13.9. The third-order valence-electron chi connectivity index (χ3n) is 3.56. The SMILES string of the molecule is COc1ccc2cc(C(CN)c3ncc[nH]3)ccc2c1. The van der Waals surface area contributed by atoms with E-state index in [-0.39, 0.29) is 5.92 Å². The average Bonchev–Trinajstić information content (AvgIpc) is 3.01. The van der Waals surface area contributed by atoms with Crippen molar-refractivity contribution in [2.45, 2.75) is 5.92 Å². The third-order valence-corrected chi connectivity index (χ3v) is 3.56. The highest BCUT2D eigenvalue weighted by Gasteiger charge is 2.15. The standard InChI is InChI=1S/C16H17N3O/c1-20-14-5-4-11-8-13(3-2-12(11)9-14)15(10-17)16-18-6-7-19-16/h2-9,15H,10,17H2,1H3,(H,18,19). The van der Waals surface area contributed by atoms with Gasteiger partial charge < -0.3 is 15.5 Å². The fourth-order valence-corrected chi connectivity index (χ4v) is 2.46. The fourth-order valence-electron chi connectivity index (χ4n) is 2.46. The molecule has 0 aliphatic heterocycles. The highest BCUT2D eigenvalue weighted by Crippen LogP contribution is 2.27. The number of fused-ring (bicyclic) bond motifs is 1. The molecule has 0 saturated carbocycles. The molecule has 1 unspecified atom stereocenters. The lowest BCUT2D eigenvalue weighted by Gasteiger charge is -2.13. The van der Waals surface area contributed by atoms with E-state index < -0.39 is 0 Å². The second-order valence-electron chi connectivity index (χ2n) is 4.74. The summed E-state index contributed by atoms with van der Waals surface area (Å²) in [4.78, 5) is 7.46. The number of methoxy groups -OCH3 is 1. The van der Waals surface area contributed by atoms with Crippen molar-refractivity contribution >= 4 is 10.8 Å². The van der Waals surface area contributed by atoms with Crippen molar-refractivity contribution in [3.63, 3.8) is 0 Å². The number of aromatic amines is 1. The predicted molar refractivity (Wildman–Crippen MR) is 80.0 cm³/mol. The molecule has 3 aromatic rings. The van der Waals surface area contributed by atoms with Gasteiger partial charge in [-0.05, 0) is 28.5 Å². The van der Waals surface area contributed by atoms with Crippen LogP contribution in [0.15, 0.2) is 48.8 Å². The lowest BCUT2D eigenvalue weighted by Crippen LogP contribution is -2.15. The van der Waals surface area contributed by atoms with E-state index in [0.717, 1.165) is 17.0 Å². The van der Waals surface area contributed by atoms with Gasteiger partial charge in [0.1, 0.15) is 11.6 Å². The minimum absolute atomic E-state index is 0.0940. The van der Waals surface area contributed by atoms with Crippen LogP contribution in [0.4, 0.5) is 0 Å². The second kappa shape index (κ2) is 5.35. The van der Waals surface area contributed by atoms with Crippen LogP contribution in [-0.4, -0.2) is 23.6 Å². The normalized spacial score (nSPS) is 12.5. The number of benzene rings is 2. The minimum atomic E-state index is 0.0940. The Morgan fingerprint density at radius 1 is 1.20 bits per heavy atom. The van der Waals surface area contributed by atoms with Crippen LogP contribution in [-0.2, 0) is 0 Å². The zero-order valence-electron chi connectivity index (χ0n) is 11.3. The summed E-state index contributed by atoms with van der Waals surface area (Å²) in [5.74, 6) is 1.86. The summed E-state index contributed by atoms with van der Waals surface area (Å²) in [5.41, 5.74) is 7.07. The van der Waals surface area contributed by atoms with E-state index in [2.05, 4.69) is 34.2 Å². The molecule has 0 aliphatic rings. The van der Waals surface area contributed by atoms with Crippen molar-refractivity contribution in [2.24, 2.45) is 5.73 Å². The van der Waals surface area contributed by atoms with Gasteiger partial charge in [-0.1, -0.05) is 24.3 Å². The molecule has 3 rings (SSSR count). The molecule has 0 spiro atoms. The number of aromatic nitrogens is 2. The largest absolute Gasteiger partial charge is 0.497 e. The van der Waals surface area contributed by atoms with Crippen molar-refractivity contribution in [1.29, 1.82) is 0 Å². The number of nitrogens with two attached hydrogens (primary N) is 1. The van der Waals surface area contributed by atoms with Gasteiger partial charge in [0.15, 0.2) is 0 Å². The van der Waals surface area contributed by atoms with Gasteiger partial charge in [-0.15, -0.1) is 0 Å². The molecule has 3 N–H and O–H groups in total. The second-order valence-corrected chi connectivity index (χ2v) is 4.74. The molecule has 20 heavy (non-hydrogen) atoms. The minimum Gasteiger partial charge on any atom is -0.497 e. The van der Waals surface area contributed by atoms with Crippen molar-refractivity contribution in [3.8, 4) is 5.75 Å². The summed E-state index contributed by atoms with van der Waals surface area (Å²) in [6.45, 7) is 0.523. The summed E-state index contributed by atoms with van der Waals surface area (Å²) in [6.07, 6.45) is 3.58. The fraction of sp³-hybridized carbons (Fsp3) is 0.188. The van der Waals surface area contributed by atoms with Crippen LogP contribution in [0.3, 0.4) is 0 Å². The van der Waals surface area contributed by atoms with Crippen molar-refractivity contribution in [3.05, 3.63) is 60.2 Å². The van der Waals surface area contributed by atoms with Gasteiger partial charge in [0.2, 0.25) is 0 Å². The Hall–Kier alpha value is -2.33. The number of hydrogen-bond donors (Lipinski definition) is 2. The maximum absolute atomic E-state index is 5.91.